The van der Waals surface area contributed by atoms with E-state index in [9.17, 15) is 4.39 Å². The van der Waals surface area contributed by atoms with Crippen LogP contribution in [0.5, 0.6) is 17.2 Å². The predicted octanol–water partition coefficient (Wildman–Crippen LogP) is 5.48. The summed E-state index contributed by atoms with van der Waals surface area (Å²) in [4.78, 5) is 2.60. The van der Waals surface area contributed by atoms with Crippen molar-refractivity contribution in [1.29, 1.82) is 0 Å². The van der Waals surface area contributed by atoms with Gasteiger partial charge in [-0.2, -0.15) is 0 Å². The molecule has 0 radical (unpaired) electrons. The van der Waals surface area contributed by atoms with Gasteiger partial charge in [-0.1, -0.05) is 19.8 Å². The van der Waals surface area contributed by atoms with Gasteiger partial charge in [0.05, 0.1) is 6.61 Å². The molecule has 4 rings (SSSR count). The van der Waals surface area contributed by atoms with Crippen LogP contribution in [0.4, 0.5) is 4.39 Å². The third-order valence-corrected chi connectivity index (χ3v) is 6.78. The van der Waals surface area contributed by atoms with Crippen molar-refractivity contribution in [2.75, 3.05) is 33.0 Å². The maximum atomic E-state index is 13.8. The average molecular weight is 428 g/mol. The van der Waals surface area contributed by atoms with E-state index >= 15 is 0 Å². The molecule has 1 aromatic rings. The van der Waals surface area contributed by atoms with E-state index in [1.54, 1.807) is 0 Å². The molecular formula is C23H35ClFNO3. The van der Waals surface area contributed by atoms with Crippen LogP contribution >= 0.6 is 12.4 Å². The number of benzene rings is 1. The second-order valence-electron chi connectivity index (χ2n) is 8.72. The van der Waals surface area contributed by atoms with Crippen molar-refractivity contribution < 1.29 is 18.6 Å². The van der Waals surface area contributed by atoms with Crippen LogP contribution in [0.3, 0.4) is 0 Å². The topological polar surface area (TPSA) is 30.9 Å². The summed E-state index contributed by atoms with van der Waals surface area (Å²) in [6.45, 7) is 6.64. The smallest absolute Gasteiger partial charge is 0.231 e. The second-order valence-corrected chi connectivity index (χ2v) is 8.72. The molecule has 1 saturated heterocycles. The zero-order chi connectivity index (χ0) is 19.3. The summed E-state index contributed by atoms with van der Waals surface area (Å²) >= 11 is 0. The molecule has 0 aromatic heterocycles. The standard InChI is InChI=1S/C23H34FNO3.ClH/c1-2-3-4-10-25-11-9-21(17-5-6-19(24)12-17)18(14-25)15-26-20-7-8-22-23(13-20)28-16-27-22;/h7-8,13,17-19,21H,2-6,9-12,14-16H2,1H3;1H/t17?,18-,19?,21-;/m0./s1. The molecule has 1 aliphatic carbocycles. The Labute approximate surface area is 180 Å². The number of hydrogen-bond donors (Lipinski definition) is 0. The molecule has 29 heavy (non-hydrogen) atoms. The van der Waals surface area contributed by atoms with Crippen molar-refractivity contribution in [2.24, 2.45) is 17.8 Å². The van der Waals surface area contributed by atoms with Gasteiger partial charge in [0.2, 0.25) is 6.79 Å². The van der Waals surface area contributed by atoms with Crippen molar-refractivity contribution >= 4 is 12.4 Å². The number of likely N-dealkylation sites (tertiary alicyclic amines) is 1. The van der Waals surface area contributed by atoms with E-state index in [-0.39, 0.29) is 19.2 Å². The van der Waals surface area contributed by atoms with Crippen molar-refractivity contribution in [3.8, 4) is 17.2 Å². The maximum Gasteiger partial charge on any atom is 0.231 e. The van der Waals surface area contributed by atoms with Crippen LogP contribution in [0.25, 0.3) is 0 Å². The Kier molecular flexibility index (Phi) is 8.31. The highest BCUT2D eigenvalue weighted by Gasteiger charge is 2.38. The predicted molar refractivity (Wildman–Crippen MR) is 115 cm³/mol. The van der Waals surface area contributed by atoms with Crippen LogP contribution in [-0.4, -0.2) is 44.1 Å². The molecule has 4 nitrogen and oxygen atoms in total. The minimum atomic E-state index is -0.594. The van der Waals surface area contributed by atoms with Gasteiger partial charge in [0.25, 0.3) is 0 Å². The Balaban J connectivity index is 0.00000240. The van der Waals surface area contributed by atoms with E-state index in [0.29, 0.717) is 24.4 Å². The van der Waals surface area contributed by atoms with Crippen molar-refractivity contribution in [3.05, 3.63) is 18.2 Å². The number of ether oxygens (including phenoxy) is 3. The summed E-state index contributed by atoms with van der Waals surface area (Å²) in [6.07, 6.45) is 6.95. The summed E-state index contributed by atoms with van der Waals surface area (Å²) in [5, 5.41) is 0. The second kappa shape index (κ2) is 10.7. The maximum absolute atomic E-state index is 13.8. The summed E-state index contributed by atoms with van der Waals surface area (Å²) in [5.74, 6) is 3.95. The molecule has 0 bridgehead atoms. The van der Waals surface area contributed by atoms with E-state index in [1.165, 1.54) is 32.2 Å². The molecule has 2 aliphatic heterocycles. The molecular weight excluding hydrogens is 393 g/mol. The monoisotopic (exact) mass is 427 g/mol. The number of alkyl halides is 1. The quantitative estimate of drug-likeness (QED) is 0.514. The molecule has 0 N–H and O–H groups in total. The van der Waals surface area contributed by atoms with E-state index in [0.717, 1.165) is 49.6 Å². The lowest BCUT2D eigenvalue weighted by atomic mass is 9.76. The van der Waals surface area contributed by atoms with Gasteiger partial charge < -0.3 is 19.1 Å². The fourth-order valence-electron chi connectivity index (χ4n) is 5.23. The molecule has 0 spiro atoms. The van der Waals surface area contributed by atoms with Crippen LogP contribution in [0.2, 0.25) is 0 Å². The first-order valence-electron chi connectivity index (χ1n) is 11.1. The van der Waals surface area contributed by atoms with Gasteiger partial charge in [0.1, 0.15) is 11.9 Å². The summed E-state index contributed by atoms with van der Waals surface area (Å²) in [7, 11) is 0. The van der Waals surface area contributed by atoms with Gasteiger partial charge in [0, 0.05) is 18.5 Å². The lowest BCUT2D eigenvalue weighted by molar-refractivity contribution is 0.0489. The number of nitrogens with zero attached hydrogens (tertiary/aromatic N) is 1. The van der Waals surface area contributed by atoms with Crippen LogP contribution in [-0.2, 0) is 0 Å². The van der Waals surface area contributed by atoms with Gasteiger partial charge in [-0.15, -0.1) is 12.4 Å². The number of piperidine rings is 1. The largest absolute Gasteiger partial charge is 0.493 e. The number of unbranched alkanes of at least 4 members (excludes halogenated alkanes) is 2. The molecule has 164 valence electrons. The Morgan fingerprint density at radius 2 is 2.00 bits per heavy atom. The number of halogens is 2. The Bertz CT molecular complexity index is 647. The fraction of sp³-hybridized carbons (Fsp3) is 0.739. The first kappa shape index (κ1) is 22.5. The molecule has 4 atom stereocenters. The molecule has 3 aliphatic rings. The van der Waals surface area contributed by atoms with E-state index in [1.807, 2.05) is 18.2 Å². The van der Waals surface area contributed by atoms with Gasteiger partial charge >= 0.3 is 0 Å². The number of hydrogen-bond acceptors (Lipinski definition) is 4. The lowest BCUT2D eigenvalue weighted by Gasteiger charge is -2.41. The molecule has 2 fully saturated rings. The summed E-state index contributed by atoms with van der Waals surface area (Å²) in [5.41, 5.74) is 0. The van der Waals surface area contributed by atoms with Crippen LogP contribution in [0.15, 0.2) is 18.2 Å². The molecule has 2 heterocycles. The van der Waals surface area contributed by atoms with E-state index in [4.69, 9.17) is 14.2 Å². The number of fused-ring (bicyclic) bond motifs is 1. The first-order chi connectivity index (χ1) is 13.7. The highest BCUT2D eigenvalue weighted by molar-refractivity contribution is 5.85. The highest BCUT2D eigenvalue weighted by Crippen LogP contribution is 2.41. The van der Waals surface area contributed by atoms with Gasteiger partial charge in [-0.25, -0.2) is 4.39 Å². The zero-order valence-corrected chi connectivity index (χ0v) is 18.3. The van der Waals surface area contributed by atoms with Crippen molar-refractivity contribution in [3.63, 3.8) is 0 Å². The minimum Gasteiger partial charge on any atom is -0.493 e. The molecule has 2 unspecified atom stereocenters. The fourth-order valence-corrected chi connectivity index (χ4v) is 5.23. The van der Waals surface area contributed by atoms with E-state index < -0.39 is 6.17 Å². The third kappa shape index (κ3) is 5.69. The molecule has 1 saturated carbocycles. The summed E-state index contributed by atoms with van der Waals surface area (Å²) < 4.78 is 30.9. The van der Waals surface area contributed by atoms with Crippen molar-refractivity contribution in [1.82, 2.24) is 4.90 Å². The van der Waals surface area contributed by atoms with Gasteiger partial charge in [0.15, 0.2) is 11.5 Å². The Morgan fingerprint density at radius 1 is 1.14 bits per heavy atom. The highest BCUT2D eigenvalue weighted by atomic mass is 35.5. The van der Waals surface area contributed by atoms with Crippen LogP contribution in [0, 0.1) is 17.8 Å². The Hall–Kier alpha value is -1.20. The van der Waals surface area contributed by atoms with Gasteiger partial charge in [-0.05, 0) is 69.2 Å². The normalized spacial score (nSPS) is 28.9. The third-order valence-electron chi connectivity index (χ3n) is 6.78. The molecule has 1 aromatic carbocycles. The molecule has 0 amide bonds. The molecule has 6 heteroatoms. The van der Waals surface area contributed by atoms with Crippen LogP contribution < -0.4 is 14.2 Å². The average Bonchev–Trinajstić information content (AvgIpc) is 3.35. The minimum absolute atomic E-state index is 0. The lowest BCUT2D eigenvalue weighted by Crippen LogP contribution is -2.45. The van der Waals surface area contributed by atoms with Gasteiger partial charge in [-0.3, -0.25) is 0 Å². The number of rotatable bonds is 8. The van der Waals surface area contributed by atoms with E-state index in [2.05, 4.69) is 11.8 Å². The Morgan fingerprint density at radius 3 is 2.79 bits per heavy atom. The first-order valence-corrected chi connectivity index (χ1v) is 11.1. The zero-order valence-electron chi connectivity index (χ0n) is 17.5. The van der Waals surface area contributed by atoms with Crippen LogP contribution in [0.1, 0.15) is 51.9 Å². The SMILES string of the molecule is CCCCCN1CC[C@@H](C2CCC(F)C2)[C@H](COc2ccc3c(c2)OCO3)C1.Cl. The summed E-state index contributed by atoms with van der Waals surface area (Å²) in [6, 6.07) is 5.79. The van der Waals surface area contributed by atoms with Crippen molar-refractivity contribution in [2.45, 2.75) is 58.0 Å².